The van der Waals surface area contributed by atoms with Crippen LogP contribution in [0.4, 0.5) is 5.69 Å². The third kappa shape index (κ3) is 2.14. The number of ether oxygens (including phenoxy) is 1. The Morgan fingerprint density at radius 3 is 2.56 bits per heavy atom. The van der Waals surface area contributed by atoms with Gasteiger partial charge < -0.3 is 9.64 Å². The van der Waals surface area contributed by atoms with Gasteiger partial charge in [-0.2, -0.15) is 0 Å². The molecule has 25 heavy (non-hydrogen) atoms. The highest BCUT2D eigenvalue weighted by Crippen LogP contribution is 2.38. The van der Waals surface area contributed by atoms with Crippen molar-refractivity contribution >= 4 is 24.1 Å². The van der Waals surface area contributed by atoms with Crippen molar-refractivity contribution in [3.05, 3.63) is 46.5 Å². The van der Waals surface area contributed by atoms with E-state index in [0.717, 1.165) is 12.2 Å². The van der Waals surface area contributed by atoms with Gasteiger partial charge >= 0.3 is 0 Å². The maximum Gasteiger partial charge on any atom is 0.118 e. The summed E-state index contributed by atoms with van der Waals surface area (Å²) in [6.07, 6.45) is 6.28. The van der Waals surface area contributed by atoms with Crippen molar-refractivity contribution in [2.24, 2.45) is 0 Å². The van der Waals surface area contributed by atoms with Gasteiger partial charge in [-0.1, -0.05) is 25.2 Å². The van der Waals surface area contributed by atoms with E-state index in [1.165, 1.54) is 44.3 Å². The minimum Gasteiger partial charge on any atom is -0.497 e. The second kappa shape index (κ2) is 5.37. The first-order chi connectivity index (χ1) is 12.1. The molecule has 2 aromatic rings. The van der Waals surface area contributed by atoms with E-state index in [1.807, 2.05) is 0 Å². The number of hydrogen-bond donors (Lipinski definition) is 0. The average molecular weight is 350 g/mol. The van der Waals surface area contributed by atoms with Crippen molar-refractivity contribution in [2.45, 2.75) is 45.2 Å². The van der Waals surface area contributed by atoms with Gasteiger partial charge in [-0.15, -0.1) is 0 Å². The average Bonchev–Trinajstić information content (AvgIpc) is 2.61. The predicted octanol–water partition coefficient (Wildman–Crippen LogP) is 3.12. The van der Waals surface area contributed by atoms with E-state index in [9.17, 15) is 0 Å². The van der Waals surface area contributed by atoms with Crippen molar-refractivity contribution in [3.8, 4) is 5.75 Å². The Kier molecular flexibility index (Phi) is 3.33. The molecule has 3 aliphatic heterocycles. The van der Waals surface area contributed by atoms with Crippen LogP contribution in [0.2, 0.25) is 13.1 Å². The van der Waals surface area contributed by atoms with Crippen LogP contribution in [-0.2, 0) is 19.3 Å². The van der Waals surface area contributed by atoms with Gasteiger partial charge in [0.15, 0.2) is 0 Å². The summed E-state index contributed by atoms with van der Waals surface area (Å²) in [5.74, 6) is 1.01. The van der Waals surface area contributed by atoms with E-state index >= 15 is 0 Å². The van der Waals surface area contributed by atoms with Gasteiger partial charge in [-0.3, -0.25) is 0 Å². The van der Waals surface area contributed by atoms with Crippen molar-refractivity contribution in [2.75, 3.05) is 25.1 Å². The molecular formula is C22H27NOSi. The second-order valence-electron chi connectivity index (χ2n) is 8.42. The lowest BCUT2D eigenvalue weighted by atomic mass is 9.88. The fourth-order valence-corrected chi connectivity index (χ4v) is 9.31. The monoisotopic (exact) mass is 349 g/mol. The number of hydrogen-bond acceptors (Lipinski definition) is 2. The Morgan fingerprint density at radius 2 is 1.76 bits per heavy atom. The minimum absolute atomic E-state index is 1.01. The molecule has 3 aliphatic rings. The van der Waals surface area contributed by atoms with Gasteiger partial charge in [0.05, 0.1) is 7.11 Å². The van der Waals surface area contributed by atoms with Gasteiger partial charge in [0, 0.05) is 18.8 Å². The van der Waals surface area contributed by atoms with E-state index < -0.39 is 8.07 Å². The summed E-state index contributed by atoms with van der Waals surface area (Å²) in [6.45, 7) is 7.61. The van der Waals surface area contributed by atoms with Crippen molar-refractivity contribution in [1.29, 1.82) is 0 Å². The number of rotatable bonds is 1. The van der Waals surface area contributed by atoms with E-state index in [2.05, 4.69) is 42.3 Å². The smallest absolute Gasteiger partial charge is 0.118 e. The molecule has 0 N–H and O–H groups in total. The number of nitrogens with zero attached hydrogens (tertiary/aromatic N) is 1. The van der Waals surface area contributed by atoms with E-state index in [0.29, 0.717) is 0 Å². The maximum absolute atomic E-state index is 5.55. The van der Waals surface area contributed by atoms with Gasteiger partial charge in [0.2, 0.25) is 0 Å². The number of anilines is 1. The van der Waals surface area contributed by atoms with Crippen molar-refractivity contribution in [1.82, 2.24) is 0 Å². The highest BCUT2D eigenvalue weighted by molar-refractivity contribution is 7.01. The lowest BCUT2D eigenvalue weighted by Gasteiger charge is -2.43. The zero-order chi connectivity index (χ0) is 17.2. The van der Waals surface area contributed by atoms with Gasteiger partial charge in [-0.05, 0) is 76.9 Å². The van der Waals surface area contributed by atoms with E-state index in [-0.39, 0.29) is 0 Å². The molecule has 2 nitrogen and oxygen atoms in total. The fourth-order valence-electron chi connectivity index (χ4n) is 5.60. The Hall–Kier alpha value is -1.74. The van der Waals surface area contributed by atoms with E-state index in [4.69, 9.17) is 4.74 Å². The Balaban J connectivity index is 1.77. The molecule has 0 atom stereocenters. The molecule has 130 valence electrons. The zero-order valence-electron chi connectivity index (χ0n) is 15.6. The first-order valence-electron chi connectivity index (χ1n) is 9.70. The summed E-state index contributed by atoms with van der Waals surface area (Å²) in [7, 11) is 0.0762. The largest absolute Gasteiger partial charge is 0.497 e. The molecule has 2 aromatic carbocycles. The first-order valence-corrected chi connectivity index (χ1v) is 12.7. The van der Waals surface area contributed by atoms with Crippen LogP contribution >= 0.6 is 0 Å². The molecule has 0 spiro atoms. The minimum atomic E-state index is -1.71. The molecule has 0 unspecified atom stereocenters. The first kappa shape index (κ1) is 15.5. The van der Waals surface area contributed by atoms with Crippen LogP contribution in [0, 0.1) is 0 Å². The molecule has 0 aromatic heterocycles. The van der Waals surface area contributed by atoms with Crippen molar-refractivity contribution < 1.29 is 4.74 Å². The Labute approximate surface area is 151 Å². The Bertz CT molecular complexity index is 869. The summed E-state index contributed by atoms with van der Waals surface area (Å²) in [4.78, 5) is 2.68. The number of benzene rings is 2. The fraction of sp³-hybridized carbons (Fsp3) is 0.455. The molecule has 3 heterocycles. The molecule has 0 aliphatic carbocycles. The topological polar surface area (TPSA) is 12.5 Å². The van der Waals surface area contributed by atoms with Crippen LogP contribution in [0.25, 0.3) is 0 Å². The Morgan fingerprint density at radius 1 is 0.960 bits per heavy atom. The van der Waals surface area contributed by atoms with Crippen LogP contribution in [0.5, 0.6) is 5.75 Å². The lowest BCUT2D eigenvalue weighted by Crippen LogP contribution is -2.60. The molecule has 0 radical (unpaired) electrons. The molecule has 0 bridgehead atoms. The molecule has 0 saturated carbocycles. The molecule has 0 fully saturated rings. The highest BCUT2D eigenvalue weighted by Gasteiger charge is 2.40. The SMILES string of the molecule is COc1ccc2c(c1)[Si](C)(C)c1c(cc3c4c1CCCN4CCC3)C2. The molecular weight excluding hydrogens is 322 g/mol. The number of aryl methyl sites for hydroxylation is 1. The summed E-state index contributed by atoms with van der Waals surface area (Å²) >= 11 is 0. The molecule has 5 rings (SSSR count). The van der Waals surface area contributed by atoms with Crippen LogP contribution in [0.1, 0.15) is 35.1 Å². The molecule has 0 amide bonds. The quantitative estimate of drug-likeness (QED) is 0.734. The molecule has 0 saturated heterocycles. The summed E-state index contributed by atoms with van der Waals surface area (Å²) in [6, 6.07) is 9.35. The van der Waals surface area contributed by atoms with Crippen LogP contribution in [-0.4, -0.2) is 28.3 Å². The van der Waals surface area contributed by atoms with E-state index in [1.54, 1.807) is 39.9 Å². The summed E-state index contributed by atoms with van der Waals surface area (Å²) in [5, 5.41) is 3.34. The lowest BCUT2D eigenvalue weighted by molar-refractivity contribution is 0.415. The highest BCUT2D eigenvalue weighted by atomic mass is 28.3. The maximum atomic E-state index is 5.55. The van der Waals surface area contributed by atoms with Gasteiger partial charge in [-0.25, -0.2) is 0 Å². The number of methoxy groups -OCH3 is 1. The van der Waals surface area contributed by atoms with Gasteiger partial charge in [0.1, 0.15) is 13.8 Å². The normalized spacial score (nSPS) is 19.7. The van der Waals surface area contributed by atoms with Crippen LogP contribution < -0.4 is 20.0 Å². The van der Waals surface area contributed by atoms with Crippen molar-refractivity contribution in [3.63, 3.8) is 0 Å². The van der Waals surface area contributed by atoms with Crippen LogP contribution in [0.3, 0.4) is 0 Å². The van der Waals surface area contributed by atoms with Gasteiger partial charge in [0.25, 0.3) is 0 Å². The zero-order valence-corrected chi connectivity index (χ0v) is 16.6. The molecule has 3 heteroatoms. The summed E-state index contributed by atoms with van der Waals surface area (Å²) < 4.78 is 5.55. The second-order valence-corrected chi connectivity index (χ2v) is 12.7. The predicted molar refractivity (Wildman–Crippen MR) is 108 cm³/mol. The third-order valence-electron chi connectivity index (χ3n) is 6.60. The van der Waals surface area contributed by atoms with Crippen LogP contribution in [0.15, 0.2) is 24.3 Å². The third-order valence-corrected chi connectivity index (χ3v) is 10.3. The summed E-state index contributed by atoms with van der Waals surface area (Å²) in [5.41, 5.74) is 8.13. The number of fused-ring (bicyclic) bond motifs is 3. The standard InChI is InChI=1S/C22H27NOSi/c1-24-18-9-8-15-12-17-13-16-6-4-10-23-11-5-7-19(21(16)23)22(17)25(2,3)20(15)14-18/h8-9,13-14H,4-7,10-12H2,1-3H3.